The zero-order valence-corrected chi connectivity index (χ0v) is 45.3. The monoisotopic (exact) mass is 961 g/mol. The molecule has 0 aromatic carbocycles. The van der Waals surface area contributed by atoms with Gasteiger partial charge in [-0.05, 0) is 64.2 Å². The van der Waals surface area contributed by atoms with Crippen LogP contribution in [-0.2, 0) is 27.9 Å². The van der Waals surface area contributed by atoms with Crippen LogP contribution in [0.15, 0.2) is 72.9 Å². The summed E-state index contributed by atoms with van der Waals surface area (Å²) in [7, 11) is 1.65. The van der Waals surface area contributed by atoms with E-state index >= 15 is 0 Å². The molecule has 0 saturated heterocycles. The molecule has 0 radical (unpaired) electrons. The van der Waals surface area contributed by atoms with Crippen molar-refractivity contribution >= 4 is 13.8 Å². The van der Waals surface area contributed by atoms with Crippen LogP contribution in [-0.4, -0.2) is 75.6 Å². The maximum absolute atomic E-state index is 12.8. The molecule has 0 bridgehead atoms. The second-order valence-electron chi connectivity index (χ2n) is 19.6. The van der Waals surface area contributed by atoms with E-state index < -0.39 is 13.9 Å². The largest absolute Gasteiger partial charge is 0.472 e. The van der Waals surface area contributed by atoms with Gasteiger partial charge in [-0.25, -0.2) is 4.57 Å². The zero-order valence-electron chi connectivity index (χ0n) is 44.4. The van der Waals surface area contributed by atoms with Crippen LogP contribution in [0, 0.1) is 0 Å². The van der Waals surface area contributed by atoms with Gasteiger partial charge in [0.25, 0.3) is 0 Å². The minimum absolute atomic E-state index is 0.0812. The molecule has 0 heterocycles. The molecule has 0 fully saturated rings. The maximum Gasteiger partial charge on any atom is 0.472 e. The molecule has 0 aliphatic heterocycles. The van der Waals surface area contributed by atoms with E-state index in [1.165, 1.54) is 128 Å². The summed E-state index contributed by atoms with van der Waals surface area (Å²) < 4.78 is 35.2. The van der Waals surface area contributed by atoms with Crippen molar-refractivity contribution in [2.24, 2.45) is 0 Å². The van der Waals surface area contributed by atoms with Gasteiger partial charge in [0.05, 0.1) is 34.4 Å². The Morgan fingerprint density at radius 1 is 0.478 bits per heavy atom. The normalized spacial score (nSPS) is 14.1. The van der Waals surface area contributed by atoms with Gasteiger partial charge in [0.2, 0.25) is 0 Å². The summed E-state index contributed by atoms with van der Waals surface area (Å²) in [5, 5.41) is 0. The zero-order chi connectivity index (χ0) is 49.0. The first-order valence-corrected chi connectivity index (χ1v) is 29.2. The van der Waals surface area contributed by atoms with E-state index in [1.54, 1.807) is 0 Å². The van der Waals surface area contributed by atoms with Crippen molar-refractivity contribution in [3.63, 3.8) is 0 Å². The van der Waals surface area contributed by atoms with E-state index in [-0.39, 0.29) is 25.8 Å². The van der Waals surface area contributed by atoms with Crippen molar-refractivity contribution in [3.8, 4) is 0 Å². The van der Waals surface area contributed by atoms with Gasteiger partial charge in [-0.2, -0.15) is 0 Å². The first-order chi connectivity index (χ1) is 32.6. The molecule has 0 saturated carbocycles. The van der Waals surface area contributed by atoms with Crippen LogP contribution < -0.4 is 0 Å². The highest BCUT2D eigenvalue weighted by Crippen LogP contribution is 2.43. The smallest absolute Gasteiger partial charge is 0.457 e. The number of nitrogens with zero attached hydrogens (tertiary/aromatic N) is 1. The number of carbonyl (C=O) groups is 1. The first kappa shape index (κ1) is 64.9. The van der Waals surface area contributed by atoms with E-state index in [2.05, 4.69) is 86.8 Å². The van der Waals surface area contributed by atoms with Gasteiger partial charge in [-0.3, -0.25) is 13.8 Å². The van der Waals surface area contributed by atoms with Crippen LogP contribution >= 0.6 is 7.82 Å². The number of phosphoric acid groups is 1. The Labute approximate surface area is 414 Å². The Morgan fingerprint density at radius 3 is 1.30 bits per heavy atom. The molecule has 0 amide bonds. The number of unbranched alkanes of at least 4 members (excludes halogenated alkanes) is 25. The summed E-state index contributed by atoms with van der Waals surface area (Å²) in [6.07, 6.45) is 66.7. The Bertz CT molecular complexity index is 1300. The molecule has 0 aliphatic rings. The molecule has 0 aromatic rings. The highest BCUT2D eigenvalue weighted by Gasteiger charge is 2.26. The minimum atomic E-state index is -4.29. The molecule has 0 spiro atoms. The number of phosphoric ester groups is 1. The topological polar surface area (TPSA) is 91.3 Å². The lowest BCUT2D eigenvalue weighted by molar-refractivity contribution is -0.870. The fourth-order valence-electron chi connectivity index (χ4n) is 7.56. The van der Waals surface area contributed by atoms with Gasteiger partial charge < -0.3 is 18.9 Å². The van der Waals surface area contributed by atoms with Gasteiger partial charge in [-0.1, -0.05) is 234 Å². The summed E-state index contributed by atoms with van der Waals surface area (Å²) in [5.74, 6) is -0.336. The summed E-state index contributed by atoms with van der Waals surface area (Å²) in [6, 6.07) is 0. The highest BCUT2D eigenvalue weighted by atomic mass is 31.2. The molecule has 9 heteroatoms. The lowest BCUT2D eigenvalue weighted by atomic mass is 10.0. The van der Waals surface area contributed by atoms with Gasteiger partial charge in [0, 0.05) is 13.0 Å². The third-order valence-corrected chi connectivity index (χ3v) is 12.8. The molecule has 390 valence electrons. The molecule has 0 aliphatic carbocycles. The average molecular weight is 961 g/mol. The van der Waals surface area contributed by atoms with Crippen molar-refractivity contribution in [1.82, 2.24) is 0 Å². The highest BCUT2D eigenvalue weighted by molar-refractivity contribution is 7.47. The van der Waals surface area contributed by atoms with E-state index in [0.717, 1.165) is 83.5 Å². The number of hydrogen-bond acceptors (Lipinski definition) is 6. The van der Waals surface area contributed by atoms with Crippen LogP contribution in [0.2, 0.25) is 0 Å². The number of ether oxygens (including phenoxy) is 2. The first-order valence-electron chi connectivity index (χ1n) is 27.7. The molecule has 1 N–H and O–H groups in total. The Kier molecular flexibility index (Phi) is 48.8. The quantitative estimate of drug-likeness (QED) is 0.0213. The Morgan fingerprint density at radius 2 is 0.866 bits per heavy atom. The Balaban J connectivity index is 4.16. The van der Waals surface area contributed by atoms with Crippen LogP contribution in [0.4, 0.5) is 0 Å². The van der Waals surface area contributed by atoms with Gasteiger partial charge in [-0.15, -0.1) is 0 Å². The number of rotatable bonds is 51. The molecule has 0 rings (SSSR count). The van der Waals surface area contributed by atoms with E-state index in [9.17, 15) is 14.3 Å². The number of quaternary nitrogens is 1. The molecular formula is C58H107NO7P+. The fourth-order valence-corrected chi connectivity index (χ4v) is 8.30. The fraction of sp³-hybridized carbons (Fsp3) is 0.776. The van der Waals surface area contributed by atoms with E-state index in [0.29, 0.717) is 24.1 Å². The summed E-state index contributed by atoms with van der Waals surface area (Å²) in [5.41, 5.74) is 0. The predicted octanol–water partition coefficient (Wildman–Crippen LogP) is 17.4. The van der Waals surface area contributed by atoms with Crippen LogP contribution in [0.25, 0.3) is 0 Å². The molecule has 67 heavy (non-hydrogen) atoms. The number of hydrogen-bond donors (Lipinski definition) is 1. The molecule has 0 aromatic heterocycles. The van der Waals surface area contributed by atoms with Gasteiger partial charge >= 0.3 is 13.8 Å². The van der Waals surface area contributed by atoms with Gasteiger partial charge in [0.1, 0.15) is 19.3 Å². The number of allylic oxidation sites excluding steroid dienone is 12. The summed E-state index contributed by atoms with van der Waals surface area (Å²) in [6.45, 7) is 5.50. The summed E-state index contributed by atoms with van der Waals surface area (Å²) in [4.78, 5) is 23.0. The predicted molar refractivity (Wildman–Crippen MR) is 288 cm³/mol. The van der Waals surface area contributed by atoms with Crippen molar-refractivity contribution in [2.75, 3.05) is 54.1 Å². The number of likely N-dealkylation sites (N-methyl/N-ethyl adjacent to an activating group) is 1. The van der Waals surface area contributed by atoms with E-state index in [1.807, 2.05) is 21.1 Å². The lowest BCUT2D eigenvalue weighted by Gasteiger charge is -2.24. The number of carbonyl (C=O) groups excluding carboxylic acids is 1. The van der Waals surface area contributed by atoms with Crippen molar-refractivity contribution in [2.45, 2.75) is 238 Å². The second-order valence-corrected chi connectivity index (χ2v) is 21.0. The molecule has 8 nitrogen and oxygen atoms in total. The van der Waals surface area contributed by atoms with Crippen LogP contribution in [0.1, 0.15) is 232 Å². The third kappa shape index (κ3) is 54.7. The van der Waals surface area contributed by atoms with Crippen molar-refractivity contribution in [3.05, 3.63) is 72.9 Å². The third-order valence-electron chi connectivity index (χ3n) is 11.8. The SMILES string of the molecule is CC/C=C\C/C=C\C/C=C\C/C=C\C/C=C\C/C=C\CCCCCCC(=O)OC(COCCCCCCCCCCCCCCCCCCCCCCCC)COP(=O)(O)OCC[N+](C)(C)C. The average Bonchev–Trinajstić information content (AvgIpc) is 3.29. The minimum Gasteiger partial charge on any atom is -0.457 e. The maximum atomic E-state index is 12.8. The number of esters is 1. The van der Waals surface area contributed by atoms with Crippen molar-refractivity contribution < 1.29 is 37.3 Å². The second kappa shape index (κ2) is 50.3. The van der Waals surface area contributed by atoms with Crippen LogP contribution in [0.3, 0.4) is 0 Å². The standard InChI is InChI=1S/C58H106NO7P/c1-6-8-10-12-14-16-18-20-22-24-26-28-30-31-33-35-37-39-41-43-45-47-49-51-58(60)66-57(56-65-67(61,62)64-54-52-59(3,4)5)55-63-53-50-48-46-44-42-40-38-36-34-32-29-27-25-23-21-19-17-15-13-11-9-7-2/h8,10,14,16,20,22,26,28,31,33,37,39,57H,6-7,9,11-13,15,17-19,21,23-25,27,29-30,32,34-36,38,40-56H2,1-5H3/p+1/b10-8-,16-14-,22-20-,28-26-,33-31-,39-37-. The van der Waals surface area contributed by atoms with E-state index in [4.69, 9.17) is 18.5 Å². The molecular weight excluding hydrogens is 854 g/mol. The van der Waals surface area contributed by atoms with Crippen molar-refractivity contribution in [1.29, 1.82) is 0 Å². The molecule has 2 atom stereocenters. The van der Waals surface area contributed by atoms with Gasteiger partial charge in [0.15, 0.2) is 0 Å². The van der Waals surface area contributed by atoms with Crippen LogP contribution in [0.5, 0.6) is 0 Å². The summed E-state index contributed by atoms with van der Waals surface area (Å²) >= 11 is 0. The lowest BCUT2D eigenvalue weighted by Crippen LogP contribution is -2.37. The molecule has 2 unspecified atom stereocenters. The Hall–Kier alpha value is -2.06.